The van der Waals surface area contributed by atoms with Crippen molar-refractivity contribution in [3.63, 3.8) is 0 Å². The third-order valence-electron chi connectivity index (χ3n) is 4.23. The molecule has 0 radical (unpaired) electrons. The van der Waals surface area contributed by atoms with E-state index in [1.807, 2.05) is 12.1 Å². The van der Waals surface area contributed by atoms with Crippen LogP contribution in [0.4, 0.5) is 11.4 Å². The lowest BCUT2D eigenvalue weighted by Crippen LogP contribution is -2.26. The number of anilines is 2. The van der Waals surface area contributed by atoms with Gasteiger partial charge in [0.1, 0.15) is 5.75 Å². The molecule has 20 heavy (non-hydrogen) atoms. The molecular weight excluding hydrogens is 248 g/mol. The number of benzene rings is 1. The Morgan fingerprint density at radius 3 is 2.85 bits per heavy atom. The number of ether oxygens (including phenoxy) is 1. The fraction of sp³-hybridized carbons (Fsp3) is 0.647. The normalized spacial score (nSPS) is 23.1. The zero-order chi connectivity index (χ0) is 14.4. The highest BCUT2D eigenvalue weighted by atomic mass is 16.5. The van der Waals surface area contributed by atoms with Crippen LogP contribution in [-0.2, 0) is 0 Å². The molecule has 3 nitrogen and oxygen atoms in total. The maximum Gasteiger partial charge on any atom is 0.144 e. The number of rotatable bonds is 5. The zero-order valence-electron chi connectivity index (χ0n) is 12.8. The summed E-state index contributed by atoms with van der Waals surface area (Å²) in [6.07, 6.45) is 7.57. The SMILES string of the molecule is CCCOc1cccc(NC2CCCCCC2C)c1N. The Morgan fingerprint density at radius 2 is 2.05 bits per heavy atom. The lowest BCUT2D eigenvalue weighted by atomic mass is 9.96. The molecule has 1 fully saturated rings. The standard InChI is InChI=1S/C17H28N2O/c1-3-12-20-16-11-7-10-15(17(16)18)19-14-9-6-4-5-8-13(14)2/h7,10-11,13-14,19H,3-6,8-9,12,18H2,1-2H3. The van der Waals surface area contributed by atoms with Gasteiger partial charge in [0.2, 0.25) is 0 Å². The molecule has 2 atom stereocenters. The van der Waals surface area contributed by atoms with E-state index in [4.69, 9.17) is 10.5 Å². The van der Waals surface area contributed by atoms with Gasteiger partial charge in [-0.15, -0.1) is 0 Å². The van der Waals surface area contributed by atoms with Gasteiger partial charge in [0.05, 0.1) is 18.0 Å². The minimum absolute atomic E-state index is 0.529. The number of nitrogen functional groups attached to an aromatic ring is 1. The maximum absolute atomic E-state index is 6.24. The van der Waals surface area contributed by atoms with E-state index in [0.717, 1.165) is 23.5 Å². The summed E-state index contributed by atoms with van der Waals surface area (Å²) in [5.74, 6) is 1.51. The van der Waals surface area contributed by atoms with Crippen LogP contribution >= 0.6 is 0 Å². The minimum atomic E-state index is 0.529. The summed E-state index contributed by atoms with van der Waals surface area (Å²) in [5, 5.41) is 3.65. The number of hydrogen-bond donors (Lipinski definition) is 2. The zero-order valence-corrected chi connectivity index (χ0v) is 12.8. The maximum atomic E-state index is 6.24. The summed E-state index contributed by atoms with van der Waals surface area (Å²) in [4.78, 5) is 0. The van der Waals surface area contributed by atoms with Gasteiger partial charge in [-0.05, 0) is 37.3 Å². The molecule has 0 heterocycles. The molecule has 2 unspecified atom stereocenters. The largest absolute Gasteiger partial charge is 0.491 e. The third kappa shape index (κ3) is 3.81. The Kier molecular flexibility index (Phi) is 5.57. The van der Waals surface area contributed by atoms with Crippen molar-refractivity contribution in [2.75, 3.05) is 17.7 Å². The Morgan fingerprint density at radius 1 is 1.25 bits per heavy atom. The van der Waals surface area contributed by atoms with Crippen LogP contribution in [-0.4, -0.2) is 12.6 Å². The predicted molar refractivity (Wildman–Crippen MR) is 86.3 cm³/mol. The van der Waals surface area contributed by atoms with Crippen molar-refractivity contribution < 1.29 is 4.74 Å². The van der Waals surface area contributed by atoms with E-state index in [9.17, 15) is 0 Å². The molecule has 2 rings (SSSR count). The van der Waals surface area contributed by atoms with Crippen molar-refractivity contribution in [2.24, 2.45) is 5.92 Å². The molecule has 1 aliphatic rings. The van der Waals surface area contributed by atoms with Crippen LogP contribution < -0.4 is 15.8 Å². The van der Waals surface area contributed by atoms with E-state index in [1.165, 1.54) is 32.1 Å². The van der Waals surface area contributed by atoms with Gasteiger partial charge >= 0.3 is 0 Å². The van der Waals surface area contributed by atoms with Crippen LogP contribution in [0.25, 0.3) is 0 Å². The minimum Gasteiger partial charge on any atom is -0.491 e. The first-order valence-electron chi connectivity index (χ1n) is 8.00. The van der Waals surface area contributed by atoms with Crippen molar-refractivity contribution >= 4 is 11.4 Å². The van der Waals surface area contributed by atoms with E-state index < -0.39 is 0 Å². The topological polar surface area (TPSA) is 47.3 Å². The first-order chi connectivity index (χ1) is 9.72. The molecule has 3 N–H and O–H groups in total. The fourth-order valence-electron chi connectivity index (χ4n) is 2.91. The van der Waals surface area contributed by atoms with Crippen LogP contribution in [0.5, 0.6) is 5.75 Å². The number of para-hydroxylation sites is 1. The first kappa shape index (κ1) is 15.0. The van der Waals surface area contributed by atoms with Crippen molar-refractivity contribution in [1.29, 1.82) is 0 Å². The first-order valence-corrected chi connectivity index (χ1v) is 8.00. The molecule has 0 saturated heterocycles. The predicted octanol–water partition coefficient (Wildman–Crippen LogP) is 4.44. The lowest BCUT2D eigenvalue weighted by Gasteiger charge is -2.25. The van der Waals surface area contributed by atoms with Gasteiger partial charge in [-0.2, -0.15) is 0 Å². The highest BCUT2D eigenvalue weighted by molar-refractivity contribution is 5.73. The molecule has 0 spiro atoms. The van der Waals surface area contributed by atoms with Gasteiger partial charge in [-0.25, -0.2) is 0 Å². The average molecular weight is 276 g/mol. The Hall–Kier alpha value is -1.38. The van der Waals surface area contributed by atoms with E-state index in [0.29, 0.717) is 18.6 Å². The van der Waals surface area contributed by atoms with Crippen LogP contribution in [0.3, 0.4) is 0 Å². The fourth-order valence-corrected chi connectivity index (χ4v) is 2.91. The van der Waals surface area contributed by atoms with E-state index in [2.05, 4.69) is 25.2 Å². The number of nitrogens with one attached hydrogen (secondary N) is 1. The third-order valence-corrected chi connectivity index (χ3v) is 4.23. The van der Waals surface area contributed by atoms with Gasteiger partial charge < -0.3 is 15.8 Å². The van der Waals surface area contributed by atoms with Crippen LogP contribution in [0.1, 0.15) is 52.4 Å². The monoisotopic (exact) mass is 276 g/mol. The van der Waals surface area contributed by atoms with Gasteiger partial charge in [0.15, 0.2) is 0 Å². The van der Waals surface area contributed by atoms with Gasteiger partial charge in [0.25, 0.3) is 0 Å². The highest BCUT2D eigenvalue weighted by Crippen LogP contribution is 2.33. The molecule has 3 heteroatoms. The second-order valence-corrected chi connectivity index (χ2v) is 5.93. The molecular formula is C17H28N2O. The van der Waals surface area contributed by atoms with Gasteiger partial charge in [-0.1, -0.05) is 39.2 Å². The molecule has 1 saturated carbocycles. The summed E-state index contributed by atoms with van der Waals surface area (Å²) < 4.78 is 5.70. The van der Waals surface area contributed by atoms with Crippen molar-refractivity contribution in [2.45, 2.75) is 58.4 Å². The van der Waals surface area contributed by atoms with Crippen molar-refractivity contribution in [1.82, 2.24) is 0 Å². The summed E-state index contributed by atoms with van der Waals surface area (Å²) in [7, 11) is 0. The molecule has 0 bridgehead atoms. The molecule has 0 amide bonds. The Bertz CT molecular complexity index is 419. The van der Waals surface area contributed by atoms with E-state index in [1.54, 1.807) is 0 Å². The Labute approximate surface area is 122 Å². The second-order valence-electron chi connectivity index (χ2n) is 5.93. The molecule has 1 aromatic rings. The summed E-state index contributed by atoms with van der Waals surface area (Å²) in [6, 6.07) is 6.56. The van der Waals surface area contributed by atoms with Crippen LogP contribution in [0.2, 0.25) is 0 Å². The number of hydrogen-bond acceptors (Lipinski definition) is 3. The number of nitrogens with two attached hydrogens (primary N) is 1. The average Bonchev–Trinajstić information content (AvgIpc) is 2.65. The quantitative estimate of drug-likeness (QED) is 0.617. The van der Waals surface area contributed by atoms with Gasteiger partial charge in [-0.3, -0.25) is 0 Å². The van der Waals surface area contributed by atoms with Crippen LogP contribution in [0, 0.1) is 5.92 Å². The molecule has 0 aromatic heterocycles. The summed E-state index contributed by atoms with van der Waals surface area (Å²) in [6.45, 7) is 5.16. The van der Waals surface area contributed by atoms with Crippen molar-refractivity contribution in [3.05, 3.63) is 18.2 Å². The molecule has 112 valence electrons. The highest BCUT2D eigenvalue weighted by Gasteiger charge is 2.20. The van der Waals surface area contributed by atoms with Crippen LogP contribution in [0.15, 0.2) is 18.2 Å². The summed E-state index contributed by atoms with van der Waals surface area (Å²) in [5.41, 5.74) is 8.01. The summed E-state index contributed by atoms with van der Waals surface area (Å²) >= 11 is 0. The molecule has 0 aliphatic heterocycles. The van der Waals surface area contributed by atoms with Gasteiger partial charge in [0, 0.05) is 6.04 Å². The van der Waals surface area contributed by atoms with Crippen molar-refractivity contribution in [3.8, 4) is 5.75 Å². The van der Waals surface area contributed by atoms with E-state index >= 15 is 0 Å². The van der Waals surface area contributed by atoms with E-state index in [-0.39, 0.29) is 0 Å². The molecule has 1 aliphatic carbocycles. The Balaban J connectivity index is 2.07. The smallest absolute Gasteiger partial charge is 0.144 e. The lowest BCUT2D eigenvalue weighted by molar-refractivity contribution is 0.319. The second kappa shape index (κ2) is 7.41. The molecule has 1 aromatic carbocycles.